The van der Waals surface area contributed by atoms with Crippen LogP contribution < -0.4 is 4.72 Å². The molecule has 0 spiro atoms. The zero-order chi connectivity index (χ0) is 19.4. The number of nitro benzene ring substituents is 1. The van der Waals surface area contributed by atoms with Crippen LogP contribution >= 0.6 is 0 Å². The van der Waals surface area contributed by atoms with E-state index in [4.69, 9.17) is 0 Å². The molecule has 7 nitrogen and oxygen atoms in total. The summed E-state index contributed by atoms with van der Waals surface area (Å²) in [6, 6.07) is 11.8. The molecule has 1 saturated heterocycles. The molecule has 0 unspecified atom stereocenters. The minimum absolute atomic E-state index is 0.106. The van der Waals surface area contributed by atoms with Gasteiger partial charge in [-0.1, -0.05) is 30.3 Å². The first-order valence-corrected chi connectivity index (χ1v) is 10.4. The van der Waals surface area contributed by atoms with Crippen LogP contribution in [-0.2, 0) is 23.1 Å². The Balaban J connectivity index is 1.64. The van der Waals surface area contributed by atoms with E-state index in [2.05, 4.69) is 9.62 Å². The Labute approximate surface area is 159 Å². The van der Waals surface area contributed by atoms with Crippen LogP contribution in [0.2, 0.25) is 0 Å². The molecular formula is C19H23N3O4S. The number of rotatable bonds is 7. The minimum atomic E-state index is -3.82. The van der Waals surface area contributed by atoms with Crippen molar-refractivity contribution in [3.05, 3.63) is 69.3 Å². The van der Waals surface area contributed by atoms with Gasteiger partial charge in [0.2, 0.25) is 10.0 Å². The Morgan fingerprint density at radius 1 is 1.07 bits per heavy atom. The first-order chi connectivity index (χ1) is 12.8. The predicted octanol–water partition coefficient (Wildman–Crippen LogP) is 2.98. The second-order valence-corrected chi connectivity index (χ2v) is 8.60. The Morgan fingerprint density at radius 2 is 1.70 bits per heavy atom. The van der Waals surface area contributed by atoms with Crippen molar-refractivity contribution in [3.63, 3.8) is 0 Å². The number of hydrogen-bond donors (Lipinski definition) is 1. The van der Waals surface area contributed by atoms with Gasteiger partial charge in [-0.05, 0) is 50.0 Å². The van der Waals surface area contributed by atoms with Crippen molar-refractivity contribution in [3.8, 4) is 0 Å². The lowest BCUT2D eigenvalue weighted by Crippen LogP contribution is -2.23. The van der Waals surface area contributed by atoms with Crippen LogP contribution in [0, 0.1) is 17.0 Å². The lowest BCUT2D eigenvalue weighted by molar-refractivity contribution is -0.385. The highest BCUT2D eigenvalue weighted by Crippen LogP contribution is 2.22. The van der Waals surface area contributed by atoms with Gasteiger partial charge < -0.3 is 0 Å². The number of nitrogens with one attached hydrogen (secondary N) is 1. The van der Waals surface area contributed by atoms with Crippen LogP contribution in [0.1, 0.15) is 29.5 Å². The van der Waals surface area contributed by atoms with Crippen molar-refractivity contribution in [1.82, 2.24) is 9.62 Å². The highest BCUT2D eigenvalue weighted by molar-refractivity contribution is 7.89. The van der Waals surface area contributed by atoms with Gasteiger partial charge in [-0.3, -0.25) is 15.0 Å². The fourth-order valence-corrected chi connectivity index (χ4v) is 4.21. The van der Waals surface area contributed by atoms with E-state index in [0.717, 1.165) is 31.3 Å². The number of nitrogens with zero attached hydrogens (tertiary/aromatic N) is 2. The lowest BCUT2D eigenvalue weighted by atomic mass is 10.1. The van der Waals surface area contributed by atoms with E-state index in [1.165, 1.54) is 30.5 Å². The van der Waals surface area contributed by atoms with Gasteiger partial charge in [0.05, 0.1) is 9.82 Å². The molecule has 2 aromatic rings. The summed E-state index contributed by atoms with van der Waals surface area (Å²) in [6.45, 7) is 4.88. The first-order valence-electron chi connectivity index (χ1n) is 8.90. The normalized spacial score (nSPS) is 15.1. The third-order valence-electron chi connectivity index (χ3n) is 4.78. The first kappa shape index (κ1) is 19.5. The molecule has 0 saturated carbocycles. The molecule has 144 valence electrons. The fourth-order valence-electron chi connectivity index (χ4n) is 3.18. The van der Waals surface area contributed by atoms with Crippen molar-refractivity contribution in [1.29, 1.82) is 0 Å². The fraction of sp³-hybridized carbons (Fsp3) is 0.368. The van der Waals surface area contributed by atoms with Crippen molar-refractivity contribution < 1.29 is 13.3 Å². The quantitative estimate of drug-likeness (QED) is 0.580. The average Bonchev–Trinajstić information content (AvgIpc) is 3.14. The maximum atomic E-state index is 12.4. The molecule has 0 amide bonds. The highest BCUT2D eigenvalue weighted by Gasteiger charge is 2.19. The molecule has 0 aliphatic carbocycles. The molecule has 1 aliphatic rings. The summed E-state index contributed by atoms with van der Waals surface area (Å²) in [4.78, 5) is 12.7. The zero-order valence-electron chi connectivity index (χ0n) is 15.2. The summed E-state index contributed by atoms with van der Waals surface area (Å²) in [5, 5.41) is 11.0. The third-order valence-corrected chi connectivity index (χ3v) is 6.18. The number of benzene rings is 2. The predicted molar refractivity (Wildman–Crippen MR) is 103 cm³/mol. The van der Waals surface area contributed by atoms with Crippen LogP contribution in [-0.4, -0.2) is 31.3 Å². The summed E-state index contributed by atoms with van der Waals surface area (Å²) in [5.41, 5.74) is 2.26. The van der Waals surface area contributed by atoms with E-state index >= 15 is 0 Å². The van der Waals surface area contributed by atoms with Gasteiger partial charge in [0, 0.05) is 24.7 Å². The highest BCUT2D eigenvalue weighted by atomic mass is 32.2. The van der Waals surface area contributed by atoms with Gasteiger partial charge in [0.15, 0.2) is 0 Å². The number of hydrogen-bond acceptors (Lipinski definition) is 5. The molecule has 0 bridgehead atoms. The Morgan fingerprint density at radius 3 is 2.33 bits per heavy atom. The molecule has 0 aromatic heterocycles. The molecular weight excluding hydrogens is 366 g/mol. The molecule has 8 heteroatoms. The van der Waals surface area contributed by atoms with Crippen LogP contribution in [0.5, 0.6) is 0 Å². The second-order valence-electron chi connectivity index (χ2n) is 6.83. The summed E-state index contributed by atoms with van der Waals surface area (Å²) >= 11 is 0. The Kier molecular flexibility index (Phi) is 5.88. The van der Waals surface area contributed by atoms with E-state index in [1.807, 2.05) is 24.3 Å². The van der Waals surface area contributed by atoms with Crippen molar-refractivity contribution in [2.75, 3.05) is 13.1 Å². The van der Waals surface area contributed by atoms with E-state index in [-0.39, 0.29) is 17.1 Å². The Bertz CT molecular complexity index is 920. The molecule has 27 heavy (non-hydrogen) atoms. The maximum Gasteiger partial charge on any atom is 0.273 e. The summed E-state index contributed by atoms with van der Waals surface area (Å²) in [5.74, 6) is 0. The van der Waals surface area contributed by atoms with Gasteiger partial charge in [-0.15, -0.1) is 0 Å². The topological polar surface area (TPSA) is 92.6 Å². The third kappa shape index (κ3) is 4.91. The smallest absolute Gasteiger partial charge is 0.273 e. The average molecular weight is 389 g/mol. The van der Waals surface area contributed by atoms with Gasteiger partial charge in [0.1, 0.15) is 0 Å². The lowest BCUT2D eigenvalue weighted by Gasteiger charge is -2.14. The molecule has 1 fully saturated rings. The van der Waals surface area contributed by atoms with Gasteiger partial charge >= 0.3 is 0 Å². The minimum Gasteiger partial charge on any atom is -0.299 e. The second kappa shape index (κ2) is 8.16. The summed E-state index contributed by atoms with van der Waals surface area (Å²) < 4.78 is 27.4. The Hall–Kier alpha value is -2.29. The summed E-state index contributed by atoms with van der Waals surface area (Å²) in [7, 11) is -3.82. The van der Waals surface area contributed by atoms with E-state index in [0.29, 0.717) is 5.56 Å². The van der Waals surface area contributed by atoms with Gasteiger partial charge in [-0.2, -0.15) is 0 Å². The SMILES string of the molecule is Cc1ccc(S(=O)(=O)NCc2ccc(CN3CCCC3)cc2)cc1[N+](=O)[O-]. The van der Waals surface area contributed by atoms with E-state index in [1.54, 1.807) is 6.92 Å². The van der Waals surface area contributed by atoms with Gasteiger partial charge in [-0.25, -0.2) is 13.1 Å². The molecule has 0 radical (unpaired) electrons. The molecule has 2 aromatic carbocycles. The van der Waals surface area contributed by atoms with Crippen LogP contribution in [0.3, 0.4) is 0 Å². The van der Waals surface area contributed by atoms with Crippen LogP contribution in [0.25, 0.3) is 0 Å². The molecule has 1 N–H and O–H groups in total. The molecule has 3 rings (SSSR count). The van der Waals surface area contributed by atoms with Crippen molar-refractivity contribution >= 4 is 15.7 Å². The molecule has 1 heterocycles. The number of aryl methyl sites for hydroxylation is 1. The standard InChI is InChI=1S/C19H23N3O4S/c1-15-4-9-18(12-19(15)22(23)24)27(25,26)20-13-16-5-7-17(8-6-16)14-21-10-2-3-11-21/h4-9,12,20H,2-3,10-11,13-14H2,1H3. The van der Waals surface area contributed by atoms with Crippen molar-refractivity contribution in [2.24, 2.45) is 0 Å². The summed E-state index contributed by atoms with van der Waals surface area (Å²) in [6.07, 6.45) is 2.49. The van der Waals surface area contributed by atoms with E-state index < -0.39 is 14.9 Å². The molecule has 1 aliphatic heterocycles. The van der Waals surface area contributed by atoms with Crippen LogP contribution in [0.15, 0.2) is 47.4 Å². The van der Waals surface area contributed by atoms with Gasteiger partial charge in [0.25, 0.3) is 5.69 Å². The maximum absolute atomic E-state index is 12.4. The number of sulfonamides is 1. The monoisotopic (exact) mass is 389 g/mol. The zero-order valence-corrected chi connectivity index (χ0v) is 16.0. The number of likely N-dealkylation sites (tertiary alicyclic amines) is 1. The number of nitro groups is 1. The van der Waals surface area contributed by atoms with E-state index in [9.17, 15) is 18.5 Å². The largest absolute Gasteiger partial charge is 0.299 e. The van der Waals surface area contributed by atoms with Crippen LogP contribution in [0.4, 0.5) is 5.69 Å². The molecule has 0 atom stereocenters. The van der Waals surface area contributed by atoms with Crippen molar-refractivity contribution in [2.45, 2.75) is 37.8 Å².